The van der Waals surface area contributed by atoms with Gasteiger partial charge in [0.1, 0.15) is 0 Å². The Balaban J connectivity index is 2.00. The Morgan fingerprint density at radius 1 is 1.44 bits per heavy atom. The third-order valence-electron chi connectivity index (χ3n) is 3.07. The molecule has 0 aliphatic rings. The van der Waals surface area contributed by atoms with Crippen LogP contribution in [0.1, 0.15) is 42.4 Å². The number of aryl methyl sites for hydroxylation is 1. The maximum absolute atomic E-state index is 4.06. The Morgan fingerprint density at radius 3 is 2.83 bits per heavy atom. The Hall–Kier alpha value is -1.13. The van der Waals surface area contributed by atoms with Crippen LogP contribution in [0.5, 0.6) is 0 Å². The van der Waals surface area contributed by atoms with Crippen LogP contribution in [0.3, 0.4) is 0 Å². The lowest BCUT2D eigenvalue weighted by atomic mass is 10.0. The van der Waals surface area contributed by atoms with Gasteiger partial charge in [0.2, 0.25) is 0 Å². The van der Waals surface area contributed by atoms with Crippen LogP contribution in [-0.2, 0) is 6.54 Å². The molecule has 0 aliphatic heterocycles. The van der Waals surface area contributed by atoms with Gasteiger partial charge in [-0.25, -0.2) is 0 Å². The molecule has 0 aromatic carbocycles. The van der Waals surface area contributed by atoms with Gasteiger partial charge in [0.25, 0.3) is 0 Å². The Kier molecular flexibility index (Phi) is 4.55. The number of hydrogen-bond donors (Lipinski definition) is 2. The second-order valence-electron chi connectivity index (χ2n) is 5.10. The summed E-state index contributed by atoms with van der Waals surface area (Å²) < 4.78 is 0. The summed E-state index contributed by atoms with van der Waals surface area (Å²) in [4.78, 5) is 1.42. The second-order valence-corrected chi connectivity index (χ2v) is 6.08. The summed E-state index contributed by atoms with van der Waals surface area (Å²) in [5.74, 6) is 0.690. The second kappa shape index (κ2) is 6.16. The molecule has 0 spiro atoms. The molecule has 0 aliphatic carbocycles. The molecular weight excluding hydrogens is 242 g/mol. The highest BCUT2D eigenvalue weighted by Crippen LogP contribution is 2.25. The van der Waals surface area contributed by atoms with Gasteiger partial charge in [-0.2, -0.15) is 5.10 Å². The quantitative estimate of drug-likeness (QED) is 0.835. The lowest BCUT2D eigenvalue weighted by Gasteiger charge is -2.19. The normalized spacial score (nSPS) is 13.1. The van der Waals surface area contributed by atoms with Crippen molar-refractivity contribution in [1.82, 2.24) is 15.5 Å². The van der Waals surface area contributed by atoms with E-state index in [4.69, 9.17) is 0 Å². The number of aromatic nitrogens is 2. The molecule has 0 radical (unpaired) electrons. The number of thiophene rings is 1. The summed E-state index contributed by atoms with van der Waals surface area (Å²) in [6, 6.07) is 4.78. The van der Waals surface area contributed by atoms with E-state index in [9.17, 15) is 0 Å². The fraction of sp³-hybridized carbons (Fsp3) is 0.500. The average Bonchev–Trinajstić information content (AvgIpc) is 2.95. The van der Waals surface area contributed by atoms with E-state index in [1.54, 1.807) is 0 Å². The van der Waals surface area contributed by atoms with E-state index >= 15 is 0 Å². The standard InChI is InChI=1S/C14H21N3S/c1-10(2)7-13(14-5-4-6-18-14)15-8-12-9-16-17-11(12)3/h4-6,9-10,13,15H,7-8H2,1-3H3,(H,16,17). The fourth-order valence-electron chi connectivity index (χ4n) is 2.05. The highest BCUT2D eigenvalue weighted by Gasteiger charge is 2.14. The first-order chi connectivity index (χ1) is 8.66. The molecule has 0 amide bonds. The number of rotatable bonds is 6. The van der Waals surface area contributed by atoms with Crippen molar-refractivity contribution in [2.24, 2.45) is 5.92 Å². The molecule has 1 atom stereocenters. The van der Waals surface area contributed by atoms with Crippen molar-refractivity contribution in [3.63, 3.8) is 0 Å². The van der Waals surface area contributed by atoms with Gasteiger partial charge in [0.15, 0.2) is 0 Å². The van der Waals surface area contributed by atoms with E-state index in [-0.39, 0.29) is 0 Å². The maximum atomic E-state index is 4.06. The van der Waals surface area contributed by atoms with Crippen LogP contribution in [0, 0.1) is 12.8 Å². The Bertz CT molecular complexity index is 459. The van der Waals surface area contributed by atoms with Gasteiger partial charge in [0.05, 0.1) is 6.20 Å². The predicted octanol–water partition coefficient (Wildman–Crippen LogP) is 3.66. The summed E-state index contributed by atoms with van der Waals surface area (Å²) in [6.07, 6.45) is 3.07. The molecule has 4 heteroatoms. The maximum Gasteiger partial charge on any atom is 0.0535 e. The molecule has 2 aromatic rings. The molecule has 0 fully saturated rings. The van der Waals surface area contributed by atoms with Crippen molar-refractivity contribution < 1.29 is 0 Å². The highest BCUT2D eigenvalue weighted by molar-refractivity contribution is 7.10. The van der Waals surface area contributed by atoms with Crippen molar-refractivity contribution >= 4 is 11.3 Å². The van der Waals surface area contributed by atoms with Gasteiger partial charge in [-0.15, -0.1) is 11.3 Å². The summed E-state index contributed by atoms with van der Waals surface area (Å²) in [7, 11) is 0. The fourth-order valence-corrected chi connectivity index (χ4v) is 2.86. The van der Waals surface area contributed by atoms with Gasteiger partial charge >= 0.3 is 0 Å². The molecule has 0 saturated heterocycles. The summed E-state index contributed by atoms with van der Waals surface area (Å²) in [6.45, 7) is 7.47. The van der Waals surface area contributed by atoms with Crippen LogP contribution in [0.15, 0.2) is 23.7 Å². The van der Waals surface area contributed by atoms with Crippen molar-refractivity contribution in [3.05, 3.63) is 39.8 Å². The smallest absolute Gasteiger partial charge is 0.0535 e. The largest absolute Gasteiger partial charge is 0.305 e. The van der Waals surface area contributed by atoms with Gasteiger partial charge in [-0.05, 0) is 30.7 Å². The summed E-state index contributed by atoms with van der Waals surface area (Å²) in [5, 5.41) is 12.8. The molecular formula is C14H21N3S. The first-order valence-corrected chi connectivity index (χ1v) is 7.30. The third kappa shape index (κ3) is 3.43. The zero-order chi connectivity index (χ0) is 13.0. The van der Waals surface area contributed by atoms with Crippen LogP contribution in [0.25, 0.3) is 0 Å². The minimum atomic E-state index is 0.444. The molecule has 0 bridgehead atoms. The lowest BCUT2D eigenvalue weighted by molar-refractivity contribution is 0.433. The van der Waals surface area contributed by atoms with Gasteiger partial charge in [-0.1, -0.05) is 19.9 Å². The number of H-pyrrole nitrogens is 1. The Morgan fingerprint density at radius 2 is 2.28 bits per heavy atom. The van der Waals surface area contributed by atoms with Crippen molar-refractivity contribution in [1.29, 1.82) is 0 Å². The predicted molar refractivity (Wildman–Crippen MR) is 76.7 cm³/mol. The van der Waals surface area contributed by atoms with E-state index in [2.05, 4.69) is 53.8 Å². The van der Waals surface area contributed by atoms with E-state index < -0.39 is 0 Å². The van der Waals surface area contributed by atoms with Crippen LogP contribution < -0.4 is 5.32 Å². The van der Waals surface area contributed by atoms with Gasteiger partial charge < -0.3 is 5.32 Å². The average molecular weight is 263 g/mol. The van der Waals surface area contributed by atoms with Gasteiger partial charge in [-0.3, -0.25) is 5.10 Å². The van der Waals surface area contributed by atoms with E-state index in [0.29, 0.717) is 12.0 Å². The minimum Gasteiger partial charge on any atom is -0.305 e. The minimum absolute atomic E-state index is 0.444. The SMILES string of the molecule is Cc1[nH]ncc1CNC(CC(C)C)c1cccs1. The van der Waals surface area contributed by atoms with Crippen LogP contribution in [-0.4, -0.2) is 10.2 Å². The number of nitrogens with zero attached hydrogens (tertiary/aromatic N) is 1. The molecule has 2 rings (SSSR count). The highest BCUT2D eigenvalue weighted by atomic mass is 32.1. The first kappa shape index (κ1) is 13.3. The Labute approximate surface area is 113 Å². The molecule has 18 heavy (non-hydrogen) atoms. The monoisotopic (exact) mass is 263 g/mol. The molecule has 2 heterocycles. The number of aromatic amines is 1. The summed E-state index contributed by atoms with van der Waals surface area (Å²) in [5.41, 5.74) is 2.40. The first-order valence-electron chi connectivity index (χ1n) is 6.42. The van der Waals surface area contributed by atoms with E-state index in [1.165, 1.54) is 10.4 Å². The number of hydrogen-bond acceptors (Lipinski definition) is 3. The lowest BCUT2D eigenvalue weighted by Crippen LogP contribution is -2.21. The molecule has 1 unspecified atom stereocenters. The van der Waals surface area contributed by atoms with Crippen molar-refractivity contribution in [3.8, 4) is 0 Å². The van der Waals surface area contributed by atoms with Crippen molar-refractivity contribution in [2.75, 3.05) is 0 Å². The van der Waals surface area contributed by atoms with Crippen LogP contribution >= 0.6 is 11.3 Å². The van der Waals surface area contributed by atoms with Crippen LogP contribution in [0.2, 0.25) is 0 Å². The van der Waals surface area contributed by atoms with Crippen LogP contribution in [0.4, 0.5) is 0 Å². The molecule has 0 saturated carbocycles. The van der Waals surface area contributed by atoms with E-state index in [1.807, 2.05) is 17.5 Å². The zero-order valence-corrected chi connectivity index (χ0v) is 12.1. The van der Waals surface area contributed by atoms with Crippen molar-refractivity contribution in [2.45, 2.75) is 39.8 Å². The topological polar surface area (TPSA) is 40.7 Å². The molecule has 3 nitrogen and oxygen atoms in total. The molecule has 2 aromatic heterocycles. The number of nitrogens with one attached hydrogen (secondary N) is 2. The zero-order valence-electron chi connectivity index (χ0n) is 11.2. The molecule has 98 valence electrons. The van der Waals surface area contributed by atoms with Gasteiger partial charge in [0, 0.05) is 28.7 Å². The molecule has 2 N–H and O–H groups in total. The van der Waals surface area contributed by atoms with E-state index in [0.717, 1.165) is 18.7 Å². The summed E-state index contributed by atoms with van der Waals surface area (Å²) >= 11 is 1.83. The third-order valence-corrected chi connectivity index (χ3v) is 4.05.